The Bertz CT molecular complexity index is 704. The summed E-state index contributed by atoms with van der Waals surface area (Å²) in [7, 11) is -0.861. The molecule has 0 saturated carbocycles. The lowest BCUT2D eigenvalue weighted by atomic mass is 10.1. The summed E-state index contributed by atoms with van der Waals surface area (Å²) in [4.78, 5) is 30.7. The van der Waals surface area contributed by atoms with Crippen molar-refractivity contribution in [2.24, 2.45) is 0 Å². The molecule has 10 nitrogen and oxygen atoms in total. The molecule has 1 saturated heterocycles. The van der Waals surface area contributed by atoms with Crippen LogP contribution in [-0.4, -0.2) is 63.9 Å². The zero-order chi connectivity index (χ0) is 15.1. The van der Waals surface area contributed by atoms with Crippen LogP contribution >= 0.6 is 8.81 Å². The maximum Gasteiger partial charge on any atom is 0.278 e. The van der Waals surface area contributed by atoms with E-state index in [-0.39, 0.29) is 11.2 Å². The Morgan fingerprint density at radius 3 is 2.86 bits per heavy atom. The Balaban J connectivity index is 2.00. The lowest BCUT2D eigenvalue weighted by Crippen LogP contribution is -2.36. The fourth-order valence-corrected chi connectivity index (χ4v) is 2.72. The van der Waals surface area contributed by atoms with Gasteiger partial charge in [-0.1, -0.05) is 0 Å². The first-order valence-corrected chi connectivity index (χ1v) is 7.06. The van der Waals surface area contributed by atoms with E-state index in [4.69, 9.17) is 9.63 Å². The van der Waals surface area contributed by atoms with Crippen LogP contribution in [0.3, 0.4) is 0 Å². The minimum absolute atomic E-state index is 0.0656. The fraction of sp³-hybridized carbons (Fsp3) is 0.500. The first-order chi connectivity index (χ1) is 10.0. The molecular formula is C10H13N4O6P. The van der Waals surface area contributed by atoms with Crippen molar-refractivity contribution in [1.29, 1.82) is 0 Å². The minimum Gasteiger partial charge on any atom is -0.387 e. The summed E-state index contributed by atoms with van der Waals surface area (Å²) in [6.07, 6.45) is -2.53. The minimum atomic E-state index is -1.39. The standard InChI is InChI=1S/C10H13N4O6P/c15-4-5(16)9(20-6(4)10(18)21-19)14-2-13-3-7(14)11-1-12-8(3)17/h1-2,4-6,9-10,15-16,18-19,21H,(H,11,12,17)/t4?,5?,6-,9+,10?/m0/s1. The number of nitrogens with zero attached hydrogens (tertiary/aromatic N) is 3. The predicted octanol–water partition coefficient (Wildman–Crippen LogP) is -2.36. The second-order valence-electron chi connectivity index (χ2n) is 4.60. The van der Waals surface area contributed by atoms with Gasteiger partial charge in [0.15, 0.2) is 17.4 Å². The van der Waals surface area contributed by atoms with Crippen molar-refractivity contribution < 1.29 is 24.9 Å². The summed E-state index contributed by atoms with van der Waals surface area (Å²) in [5, 5.41) is 29.5. The number of nitrogens with one attached hydrogen (secondary N) is 1. The molecule has 1 aliphatic heterocycles. The number of rotatable bonds is 3. The number of aliphatic hydroxyl groups is 3. The first kappa shape index (κ1) is 14.5. The number of imidazole rings is 1. The largest absolute Gasteiger partial charge is 0.387 e. The number of hydrogen-bond acceptors (Lipinski definition) is 8. The second kappa shape index (κ2) is 5.41. The number of fused-ring (bicyclic) bond motifs is 1. The van der Waals surface area contributed by atoms with Gasteiger partial charge in [-0.2, -0.15) is 0 Å². The number of hydrogen-bond donors (Lipinski definition) is 5. The lowest BCUT2D eigenvalue weighted by Gasteiger charge is -2.18. The second-order valence-corrected chi connectivity index (χ2v) is 5.45. The van der Waals surface area contributed by atoms with E-state index in [1.54, 1.807) is 0 Å². The average molecular weight is 316 g/mol. The van der Waals surface area contributed by atoms with Crippen LogP contribution in [-0.2, 0) is 4.74 Å². The van der Waals surface area contributed by atoms with Gasteiger partial charge in [-0.15, -0.1) is 0 Å². The summed E-state index contributed by atoms with van der Waals surface area (Å²) in [6.45, 7) is 0. The van der Waals surface area contributed by atoms with Crippen molar-refractivity contribution in [3.63, 3.8) is 0 Å². The number of aromatic nitrogens is 4. The van der Waals surface area contributed by atoms with Gasteiger partial charge in [0.2, 0.25) is 0 Å². The summed E-state index contributed by atoms with van der Waals surface area (Å²) < 4.78 is 6.70. The van der Waals surface area contributed by atoms with E-state index in [2.05, 4.69) is 15.0 Å². The molecule has 6 atom stereocenters. The zero-order valence-electron chi connectivity index (χ0n) is 10.5. The average Bonchev–Trinajstić information content (AvgIpc) is 3.02. The van der Waals surface area contributed by atoms with E-state index < -0.39 is 44.8 Å². The highest BCUT2D eigenvalue weighted by molar-refractivity contribution is 7.31. The fourth-order valence-electron chi connectivity index (χ4n) is 2.30. The van der Waals surface area contributed by atoms with Gasteiger partial charge in [0.1, 0.15) is 24.2 Å². The third-order valence-electron chi connectivity index (χ3n) is 3.36. The third-order valence-corrected chi connectivity index (χ3v) is 3.95. The highest BCUT2D eigenvalue weighted by atomic mass is 31.1. The molecule has 2 aromatic rings. The molecule has 0 aliphatic carbocycles. The monoisotopic (exact) mass is 316 g/mol. The number of H-pyrrole nitrogens is 1. The Morgan fingerprint density at radius 1 is 1.38 bits per heavy atom. The van der Waals surface area contributed by atoms with Gasteiger partial charge in [0, 0.05) is 8.81 Å². The quantitative estimate of drug-likeness (QED) is 0.394. The maximum atomic E-state index is 11.6. The molecule has 0 spiro atoms. The Hall–Kier alpha value is -1.42. The first-order valence-electron chi connectivity index (χ1n) is 6.04. The summed E-state index contributed by atoms with van der Waals surface area (Å²) in [5.41, 5.74) is -0.201. The van der Waals surface area contributed by atoms with E-state index >= 15 is 0 Å². The van der Waals surface area contributed by atoms with E-state index in [0.29, 0.717) is 0 Å². The van der Waals surface area contributed by atoms with Gasteiger partial charge in [-0.05, 0) is 0 Å². The molecule has 0 bridgehead atoms. The Labute approximate surface area is 118 Å². The molecule has 3 rings (SSSR count). The Morgan fingerprint density at radius 2 is 2.14 bits per heavy atom. The van der Waals surface area contributed by atoms with Crippen LogP contribution in [0.5, 0.6) is 0 Å². The molecule has 1 aliphatic rings. The van der Waals surface area contributed by atoms with Crippen LogP contribution < -0.4 is 5.56 Å². The van der Waals surface area contributed by atoms with Crippen LogP contribution in [0.4, 0.5) is 0 Å². The van der Waals surface area contributed by atoms with Crippen LogP contribution in [0.25, 0.3) is 11.2 Å². The number of ether oxygens (including phenoxy) is 1. The topological polar surface area (TPSA) is 154 Å². The Kier molecular flexibility index (Phi) is 3.74. The van der Waals surface area contributed by atoms with Crippen LogP contribution in [0, 0.1) is 0 Å². The van der Waals surface area contributed by atoms with E-state index in [1.165, 1.54) is 17.2 Å². The van der Waals surface area contributed by atoms with Gasteiger partial charge in [-0.3, -0.25) is 9.36 Å². The highest BCUT2D eigenvalue weighted by Crippen LogP contribution is 2.35. The van der Waals surface area contributed by atoms with Crippen molar-refractivity contribution >= 4 is 20.0 Å². The molecule has 3 heterocycles. The molecule has 2 aromatic heterocycles. The molecule has 5 N–H and O–H groups in total. The van der Waals surface area contributed by atoms with Gasteiger partial charge in [0.25, 0.3) is 5.56 Å². The van der Waals surface area contributed by atoms with Gasteiger partial charge < -0.3 is 29.9 Å². The molecule has 0 amide bonds. The lowest BCUT2D eigenvalue weighted by molar-refractivity contribution is -0.0614. The molecule has 4 unspecified atom stereocenters. The molecule has 114 valence electrons. The van der Waals surface area contributed by atoms with Crippen molar-refractivity contribution in [2.75, 3.05) is 0 Å². The van der Waals surface area contributed by atoms with Crippen LogP contribution in [0.1, 0.15) is 6.23 Å². The molecule has 1 fully saturated rings. The molecule has 11 heteroatoms. The van der Waals surface area contributed by atoms with E-state index in [1.807, 2.05) is 0 Å². The van der Waals surface area contributed by atoms with Crippen LogP contribution in [0.15, 0.2) is 17.4 Å². The predicted molar refractivity (Wildman–Crippen MR) is 70.6 cm³/mol. The molecule has 21 heavy (non-hydrogen) atoms. The third kappa shape index (κ3) is 2.26. The number of aliphatic hydroxyl groups excluding tert-OH is 3. The van der Waals surface area contributed by atoms with Gasteiger partial charge in [0.05, 0.1) is 12.7 Å². The molecular weight excluding hydrogens is 303 g/mol. The van der Waals surface area contributed by atoms with Crippen molar-refractivity contribution in [3.05, 3.63) is 23.0 Å². The van der Waals surface area contributed by atoms with Crippen molar-refractivity contribution in [2.45, 2.75) is 30.4 Å². The van der Waals surface area contributed by atoms with Gasteiger partial charge in [-0.25, -0.2) is 9.97 Å². The number of aromatic amines is 1. The molecule has 0 radical (unpaired) electrons. The SMILES string of the molecule is O=c1[nH]cnc2c1ncn2[C@@H]1O[C@H](C(O)PO)C(O)C1O. The zero-order valence-corrected chi connectivity index (χ0v) is 11.5. The van der Waals surface area contributed by atoms with Crippen molar-refractivity contribution in [1.82, 2.24) is 19.5 Å². The smallest absolute Gasteiger partial charge is 0.278 e. The molecule has 0 aromatic carbocycles. The van der Waals surface area contributed by atoms with Gasteiger partial charge >= 0.3 is 0 Å². The maximum absolute atomic E-state index is 11.6. The normalized spacial score (nSPS) is 31.4. The van der Waals surface area contributed by atoms with Crippen molar-refractivity contribution in [3.8, 4) is 0 Å². The highest BCUT2D eigenvalue weighted by Gasteiger charge is 2.47. The summed E-state index contributed by atoms with van der Waals surface area (Å²) in [5.74, 6) is -1.31. The van der Waals surface area contributed by atoms with E-state index in [9.17, 15) is 20.1 Å². The summed E-state index contributed by atoms with van der Waals surface area (Å²) in [6, 6.07) is 0. The van der Waals surface area contributed by atoms with Crippen LogP contribution in [0.2, 0.25) is 0 Å². The van der Waals surface area contributed by atoms with E-state index in [0.717, 1.165) is 0 Å². The summed E-state index contributed by atoms with van der Waals surface area (Å²) >= 11 is 0.